The lowest BCUT2D eigenvalue weighted by Crippen LogP contribution is -2.27. The van der Waals surface area contributed by atoms with E-state index in [2.05, 4.69) is 6.58 Å². The third kappa shape index (κ3) is 6.35. The van der Waals surface area contributed by atoms with Crippen molar-refractivity contribution in [1.82, 2.24) is 0 Å². The summed E-state index contributed by atoms with van der Waals surface area (Å²) < 4.78 is 0. The maximum absolute atomic E-state index is 11.6. The lowest BCUT2D eigenvalue weighted by Gasteiger charge is -2.23. The second-order valence-electron chi connectivity index (χ2n) is 9.46. The summed E-state index contributed by atoms with van der Waals surface area (Å²) >= 11 is 0. The summed E-state index contributed by atoms with van der Waals surface area (Å²) in [4.78, 5) is 23.1. The van der Waals surface area contributed by atoms with Crippen LogP contribution in [-0.2, 0) is 9.59 Å². The smallest absolute Gasteiger partial charge is 0.309 e. The first kappa shape index (κ1) is 23.0. The zero-order chi connectivity index (χ0) is 20.5. The quantitative estimate of drug-likeness (QED) is 0.254. The number of carboxylic acids is 2. The molecule has 2 rings (SSSR count). The molecule has 0 aromatic carbocycles. The third-order valence-corrected chi connectivity index (χ3v) is 7.40. The van der Waals surface area contributed by atoms with Gasteiger partial charge >= 0.3 is 11.9 Å². The summed E-state index contributed by atoms with van der Waals surface area (Å²) in [7, 11) is 0. The Hall–Kier alpha value is -1.32. The molecule has 0 aromatic rings. The second-order valence-corrected chi connectivity index (χ2v) is 9.46. The van der Waals surface area contributed by atoms with Crippen LogP contribution in [0.4, 0.5) is 0 Å². The van der Waals surface area contributed by atoms with Gasteiger partial charge in [-0.25, -0.2) is 0 Å². The number of allylic oxidation sites excluding steroid dienone is 1. The largest absolute Gasteiger partial charge is 0.481 e. The van der Waals surface area contributed by atoms with Crippen LogP contribution in [0.1, 0.15) is 116 Å². The predicted molar refractivity (Wildman–Crippen MR) is 112 cm³/mol. The number of unbranched alkanes of at least 4 members (excludes halogenated alkanes) is 4. The van der Waals surface area contributed by atoms with Crippen LogP contribution >= 0.6 is 0 Å². The van der Waals surface area contributed by atoms with E-state index < -0.39 is 22.8 Å². The molecule has 0 aromatic heterocycles. The minimum Gasteiger partial charge on any atom is -0.481 e. The molecule has 0 unspecified atom stereocenters. The average Bonchev–Trinajstić information content (AvgIpc) is 3.32. The number of hydrogen-bond acceptors (Lipinski definition) is 2. The number of rotatable bonds is 14. The van der Waals surface area contributed by atoms with Gasteiger partial charge in [-0.15, -0.1) is 0 Å². The van der Waals surface area contributed by atoms with Gasteiger partial charge in [0, 0.05) is 0 Å². The van der Waals surface area contributed by atoms with Gasteiger partial charge < -0.3 is 10.2 Å². The highest BCUT2D eigenvalue weighted by Crippen LogP contribution is 2.43. The first-order valence-corrected chi connectivity index (χ1v) is 11.5. The molecule has 2 aliphatic carbocycles. The van der Waals surface area contributed by atoms with Crippen LogP contribution in [-0.4, -0.2) is 22.2 Å². The van der Waals surface area contributed by atoms with E-state index in [4.69, 9.17) is 0 Å². The second kappa shape index (κ2) is 11.0. The Morgan fingerprint density at radius 3 is 1.32 bits per heavy atom. The lowest BCUT2D eigenvalue weighted by molar-refractivity contribution is -0.150. The fourth-order valence-electron chi connectivity index (χ4n) is 5.40. The van der Waals surface area contributed by atoms with E-state index in [1.807, 2.05) is 0 Å². The van der Waals surface area contributed by atoms with E-state index in [0.717, 1.165) is 116 Å². The van der Waals surface area contributed by atoms with Gasteiger partial charge in [0.05, 0.1) is 10.8 Å². The van der Waals surface area contributed by atoms with Crippen molar-refractivity contribution in [2.24, 2.45) is 10.8 Å². The van der Waals surface area contributed by atoms with E-state index in [0.29, 0.717) is 0 Å². The van der Waals surface area contributed by atoms with Crippen LogP contribution in [0.3, 0.4) is 0 Å². The fraction of sp³-hybridized carbons (Fsp3) is 0.833. The Labute approximate surface area is 170 Å². The maximum atomic E-state index is 11.6. The van der Waals surface area contributed by atoms with Gasteiger partial charge in [-0.3, -0.25) is 9.59 Å². The average molecular weight is 393 g/mol. The number of carboxylic acid groups (broad SMARTS) is 2. The van der Waals surface area contributed by atoms with E-state index in [-0.39, 0.29) is 0 Å². The van der Waals surface area contributed by atoms with Crippen molar-refractivity contribution >= 4 is 11.9 Å². The van der Waals surface area contributed by atoms with Crippen LogP contribution in [0.5, 0.6) is 0 Å². The van der Waals surface area contributed by atoms with Gasteiger partial charge in [-0.2, -0.15) is 0 Å². The van der Waals surface area contributed by atoms with Crippen molar-refractivity contribution < 1.29 is 19.8 Å². The predicted octanol–water partition coefficient (Wildman–Crippen LogP) is 6.73. The molecule has 4 heteroatoms. The van der Waals surface area contributed by atoms with E-state index in [1.165, 1.54) is 5.57 Å². The van der Waals surface area contributed by atoms with Crippen molar-refractivity contribution in [3.63, 3.8) is 0 Å². The molecule has 0 amide bonds. The SMILES string of the molecule is C=C(CCCCCC1(C(=O)O)CCCC1)CCCCCC1(C(=O)O)CCCC1. The van der Waals surface area contributed by atoms with Crippen molar-refractivity contribution in [1.29, 1.82) is 0 Å². The zero-order valence-electron chi connectivity index (χ0n) is 17.6. The molecule has 0 heterocycles. The van der Waals surface area contributed by atoms with Crippen LogP contribution < -0.4 is 0 Å². The molecule has 0 spiro atoms. The van der Waals surface area contributed by atoms with Gasteiger partial charge in [0.1, 0.15) is 0 Å². The Morgan fingerprint density at radius 2 is 1.00 bits per heavy atom. The van der Waals surface area contributed by atoms with Crippen LogP contribution in [0.15, 0.2) is 12.2 Å². The Kier molecular flexibility index (Phi) is 9.04. The van der Waals surface area contributed by atoms with Gasteiger partial charge in [0.15, 0.2) is 0 Å². The molecule has 2 N–H and O–H groups in total. The van der Waals surface area contributed by atoms with Gasteiger partial charge in [-0.05, 0) is 64.2 Å². The molecule has 2 aliphatic rings. The molecule has 2 fully saturated rings. The first-order chi connectivity index (χ1) is 13.4. The highest BCUT2D eigenvalue weighted by Gasteiger charge is 2.41. The van der Waals surface area contributed by atoms with E-state index >= 15 is 0 Å². The molecule has 0 radical (unpaired) electrons. The van der Waals surface area contributed by atoms with E-state index in [1.54, 1.807) is 0 Å². The standard InChI is InChI=1S/C24H40O4/c1-20(12-4-2-6-14-23(21(25)26)16-8-9-17-23)13-5-3-7-15-24(22(27)28)18-10-11-19-24/h1-19H2,(H,25,26)(H,27,28). The van der Waals surface area contributed by atoms with Gasteiger partial charge in [0.25, 0.3) is 0 Å². The summed E-state index contributed by atoms with van der Waals surface area (Å²) in [6, 6.07) is 0. The summed E-state index contributed by atoms with van der Waals surface area (Å²) in [6.45, 7) is 4.20. The Morgan fingerprint density at radius 1 is 0.643 bits per heavy atom. The summed E-state index contributed by atoms with van der Waals surface area (Å²) in [5.41, 5.74) is 0.440. The lowest BCUT2D eigenvalue weighted by atomic mass is 9.81. The molecule has 160 valence electrons. The minimum absolute atomic E-state index is 0.427. The minimum atomic E-state index is -0.586. The van der Waals surface area contributed by atoms with Gasteiger partial charge in [-0.1, -0.05) is 63.5 Å². The monoisotopic (exact) mass is 392 g/mol. The molecular formula is C24H40O4. The molecular weight excluding hydrogens is 352 g/mol. The Balaban J connectivity index is 1.50. The van der Waals surface area contributed by atoms with E-state index in [9.17, 15) is 19.8 Å². The van der Waals surface area contributed by atoms with Crippen LogP contribution in [0, 0.1) is 10.8 Å². The van der Waals surface area contributed by atoms with Crippen LogP contribution in [0.2, 0.25) is 0 Å². The molecule has 28 heavy (non-hydrogen) atoms. The number of carbonyl (C=O) groups is 2. The number of hydrogen-bond donors (Lipinski definition) is 2. The van der Waals surface area contributed by atoms with Crippen molar-refractivity contribution in [2.45, 2.75) is 116 Å². The molecule has 0 atom stereocenters. The topological polar surface area (TPSA) is 74.6 Å². The maximum Gasteiger partial charge on any atom is 0.309 e. The summed E-state index contributed by atoms with van der Waals surface area (Å²) in [5, 5.41) is 19.0. The van der Waals surface area contributed by atoms with Crippen LogP contribution in [0.25, 0.3) is 0 Å². The molecule has 4 nitrogen and oxygen atoms in total. The van der Waals surface area contributed by atoms with Crippen molar-refractivity contribution in [2.75, 3.05) is 0 Å². The molecule has 2 saturated carbocycles. The number of aliphatic carboxylic acids is 2. The highest BCUT2D eigenvalue weighted by atomic mass is 16.4. The summed E-state index contributed by atoms with van der Waals surface area (Å²) in [5.74, 6) is -1.17. The molecule has 0 bridgehead atoms. The highest BCUT2D eigenvalue weighted by molar-refractivity contribution is 5.75. The normalized spacial score (nSPS) is 20.3. The van der Waals surface area contributed by atoms with Crippen molar-refractivity contribution in [3.05, 3.63) is 12.2 Å². The van der Waals surface area contributed by atoms with Crippen molar-refractivity contribution in [3.8, 4) is 0 Å². The first-order valence-electron chi connectivity index (χ1n) is 11.5. The fourth-order valence-corrected chi connectivity index (χ4v) is 5.40. The molecule has 0 aliphatic heterocycles. The zero-order valence-corrected chi connectivity index (χ0v) is 17.6. The molecule has 0 saturated heterocycles. The summed E-state index contributed by atoms with van der Waals surface area (Å²) in [6.07, 6.45) is 17.9. The third-order valence-electron chi connectivity index (χ3n) is 7.40. The van der Waals surface area contributed by atoms with Gasteiger partial charge in [0.2, 0.25) is 0 Å². The Bertz CT molecular complexity index is 479.